The van der Waals surface area contributed by atoms with Crippen LogP contribution < -0.4 is 0 Å². The fraction of sp³-hybridized carbons (Fsp3) is 0. The second-order valence-corrected chi connectivity index (χ2v) is 2.02. The summed E-state index contributed by atoms with van der Waals surface area (Å²) in [4.78, 5) is 21.5. The monoisotopic (exact) mass is 134 g/mol. The first-order chi connectivity index (χ1) is 4.63. The fourth-order valence-corrected chi connectivity index (χ4v) is 0.650. The largest absolute Gasteiger partial charge is 0.289 e. The van der Waals surface area contributed by atoms with Crippen LogP contribution in [0.5, 0.6) is 0 Å². The molecule has 0 aliphatic heterocycles. The Morgan fingerprint density at radius 1 is 0.900 bits per heavy atom. The van der Waals surface area contributed by atoms with Crippen LogP contribution in [0.15, 0.2) is 36.5 Å². The lowest BCUT2D eigenvalue weighted by Crippen LogP contribution is -2.12. The lowest BCUT2D eigenvalue weighted by Gasteiger charge is -2.05. The second kappa shape index (κ2) is 2.06. The summed E-state index contributed by atoms with van der Waals surface area (Å²) in [7, 11) is 0. The minimum absolute atomic E-state index is 0.201. The molecule has 0 radical (unpaired) electrons. The zero-order valence-corrected chi connectivity index (χ0v) is 5.39. The Labute approximate surface area is 58.5 Å². The Balaban J connectivity index is 3.13. The molecule has 0 spiro atoms. The van der Waals surface area contributed by atoms with E-state index in [9.17, 15) is 9.59 Å². The average Bonchev–Trinajstić information content (AvgIpc) is 1.93. The van der Waals surface area contributed by atoms with Gasteiger partial charge in [0, 0.05) is 11.1 Å². The van der Waals surface area contributed by atoms with Gasteiger partial charge in [-0.25, -0.2) is 0 Å². The standard InChI is InChI=1S/C8H6O2/c1-5-6(2)8(10)4-3-7(5)9/h3-4H,1-2H2. The van der Waals surface area contributed by atoms with Crippen molar-refractivity contribution in [3.8, 4) is 0 Å². The number of carbonyl (C=O) groups is 2. The molecule has 2 nitrogen and oxygen atoms in total. The average molecular weight is 134 g/mol. The molecule has 0 atom stereocenters. The number of hydrogen-bond donors (Lipinski definition) is 0. The van der Waals surface area contributed by atoms with Crippen LogP contribution in [-0.4, -0.2) is 11.6 Å². The van der Waals surface area contributed by atoms with E-state index >= 15 is 0 Å². The van der Waals surface area contributed by atoms with Gasteiger partial charge in [-0.1, -0.05) is 13.2 Å². The van der Waals surface area contributed by atoms with E-state index in [-0.39, 0.29) is 22.7 Å². The van der Waals surface area contributed by atoms with Gasteiger partial charge in [0.2, 0.25) is 0 Å². The third-order valence-electron chi connectivity index (χ3n) is 1.35. The molecule has 0 N–H and O–H groups in total. The molecule has 1 aliphatic rings. The zero-order chi connectivity index (χ0) is 7.72. The number of hydrogen-bond acceptors (Lipinski definition) is 2. The molecular formula is C8H6O2. The molecule has 0 unspecified atom stereocenters. The van der Waals surface area contributed by atoms with E-state index in [0.29, 0.717) is 0 Å². The highest BCUT2D eigenvalue weighted by atomic mass is 16.1. The summed E-state index contributed by atoms with van der Waals surface area (Å²) in [6, 6.07) is 0. The van der Waals surface area contributed by atoms with Crippen LogP contribution in [0.25, 0.3) is 0 Å². The van der Waals surface area contributed by atoms with E-state index in [1.807, 2.05) is 0 Å². The highest BCUT2D eigenvalue weighted by molar-refractivity contribution is 6.24. The number of rotatable bonds is 0. The summed E-state index contributed by atoms with van der Waals surface area (Å²) in [5.41, 5.74) is 0.403. The predicted molar refractivity (Wildman–Crippen MR) is 37.4 cm³/mol. The summed E-state index contributed by atoms with van der Waals surface area (Å²) in [5.74, 6) is -0.464. The summed E-state index contributed by atoms with van der Waals surface area (Å²) >= 11 is 0. The van der Waals surface area contributed by atoms with Crippen molar-refractivity contribution < 1.29 is 9.59 Å². The number of allylic oxidation sites excluding steroid dienone is 4. The van der Waals surface area contributed by atoms with Gasteiger partial charge >= 0.3 is 0 Å². The summed E-state index contributed by atoms with van der Waals surface area (Å²) in [5, 5.41) is 0. The molecule has 0 aromatic heterocycles. The molecule has 50 valence electrons. The fourth-order valence-electron chi connectivity index (χ4n) is 0.650. The van der Waals surface area contributed by atoms with Gasteiger partial charge < -0.3 is 0 Å². The van der Waals surface area contributed by atoms with Crippen LogP contribution in [0, 0.1) is 0 Å². The lowest BCUT2D eigenvalue weighted by atomic mass is 9.96. The number of ketones is 2. The van der Waals surface area contributed by atoms with Crippen molar-refractivity contribution >= 4 is 11.6 Å². The SMILES string of the molecule is C=C1C(=C)C(=O)C=CC1=O. The molecule has 0 saturated heterocycles. The van der Waals surface area contributed by atoms with Gasteiger partial charge in [-0.2, -0.15) is 0 Å². The van der Waals surface area contributed by atoms with Gasteiger partial charge in [-0.05, 0) is 12.2 Å². The van der Waals surface area contributed by atoms with Gasteiger partial charge in [0.05, 0.1) is 0 Å². The molecule has 0 aromatic carbocycles. The van der Waals surface area contributed by atoms with E-state index in [1.54, 1.807) is 0 Å². The molecule has 0 fully saturated rings. The summed E-state index contributed by atoms with van der Waals surface area (Å²) < 4.78 is 0. The van der Waals surface area contributed by atoms with Crippen molar-refractivity contribution in [3.05, 3.63) is 36.5 Å². The van der Waals surface area contributed by atoms with Gasteiger partial charge in [0.1, 0.15) is 0 Å². The molecule has 10 heavy (non-hydrogen) atoms. The maximum atomic E-state index is 10.8. The first-order valence-corrected chi connectivity index (χ1v) is 2.78. The Kier molecular flexibility index (Phi) is 1.38. The predicted octanol–water partition coefficient (Wildman–Crippen LogP) is 0.807. The topological polar surface area (TPSA) is 34.1 Å². The highest BCUT2D eigenvalue weighted by Gasteiger charge is 2.17. The molecule has 2 heteroatoms. The Hall–Kier alpha value is -1.44. The van der Waals surface area contributed by atoms with Crippen LogP contribution in [0.2, 0.25) is 0 Å². The van der Waals surface area contributed by atoms with Crippen molar-refractivity contribution in [2.75, 3.05) is 0 Å². The smallest absolute Gasteiger partial charge is 0.186 e. The van der Waals surface area contributed by atoms with Crippen LogP contribution in [0.3, 0.4) is 0 Å². The van der Waals surface area contributed by atoms with Crippen molar-refractivity contribution in [3.63, 3.8) is 0 Å². The van der Waals surface area contributed by atoms with Gasteiger partial charge in [0.15, 0.2) is 11.6 Å². The molecule has 0 heterocycles. The third-order valence-corrected chi connectivity index (χ3v) is 1.35. The Morgan fingerprint density at radius 2 is 1.20 bits per heavy atom. The summed E-state index contributed by atoms with van der Waals surface area (Å²) in [6.07, 6.45) is 2.42. The van der Waals surface area contributed by atoms with Crippen LogP contribution in [0.1, 0.15) is 0 Å². The summed E-state index contributed by atoms with van der Waals surface area (Å²) in [6.45, 7) is 6.81. The Bertz CT molecular complexity index is 241. The van der Waals surface area contributed by atoms with Crippen molar-refractivity contribution in [1.82, 2.24) is 0 Å². The van der Waals surface area contributed by atoms with E-state index in [2.05, 4.69) is 13.2 Å². The van der Waals surface area contributed by atoms with E-state index in [1.165, 1.54) is 12.2 Å². The van der Waals surface area contributed by atoms with Crippen LogP contribution in [-0.2, 0) is 9.59 Å². The van der Waals surface area contributed by atoms with Gasteiger partial charge in [0.25, 0.3) is 0 Å². The highest BCUT2D eigenvalue weighted by Crippen LogP contribution is 2.13. The van der Waals surface area contributed by atoms with Crippen molar-refractivity contribution in [1.29, 1.82) is 0 Å². The molecule has 0 saturated carbocycles. The van der Waals surface area contributed by atoms with Crippen molar-refractivity contribution in [2.45, 2.75) is 0 Å². The Morgan fingerprint density at radius 3 is 1.50 bits per heavy atom. The van der Waals surface area contributed by atoms with E-state index in [4.69, 9.17) is 0 Å². The number of carbonyl (C=O) groups excluding carboxylic acids is 2. The van der Waals surface area contributed by atoms with Crippen LogP contribution >= 0.6 is 0 Å². The minimum Gasteiger partial charge on any atom is -0.289 e. The van der Waals surface area contributed by atoms with E-state index < -0.39 is 0 Å². The molecule has 0 amide bonds. The first-order valence-electron chi connectivity index (χ1n) is 2.78. The quantitative estimate of drug-likeness (QED) is 0.459. The maximum absolute atomic E-state index is 10.8. The molecule has 1 rings (SSSR count). The zero-order valence-electron chi connectivity index (χ0n) is 5.39. The van der Waals surface area contributed by atoms with Crippen molar-refractivity contribution in [2.24, 2.45) is 0 Å². The third kappa shape index (κ3) is 0.838. The molecule has 1 aliphatic carbocycles. The first kappa shape index (κ1) is 6.68. The maximum Gasteiger partial charge on any atom is 0.186 e. The van der Waals surface area contributed by atoms with Crippen LogP contribution in [0.4, 0.5) is 0 Å². The van der Waals surface area contributed by atoms with Gasteiger partial charge in [-0.3, -0.25) is 9.59 Å². The molecule has 0 aromatic rings. The molecular weight excluding hydrogens is 128 g/mol. The lowest BCUT2D eigenvalue weighted by molar-refractivity contribution is -0.115. The molecule has 0 bridgehead atoms. The second-order valence-electron chi connectivity index (χ2n) is 2.02. The van der Waals surface area contributed by atoms with Gasteiger partial charge in [-0.15, -0.1) is 0 Å². The van der Waals surface area contributed by atoms with E-state index in [0.717, 1.165) is 0 Å². The normalized spacial score (nSPS) is 18.4. The minimum atomic E-state index is -0.232.